The molecule has 24 heavy (non-hydrogen) atoms. The molecular weight excluding hydrogens is 352 g/mol. The van der Waals surface area contributed by atoms with Gasteiger partial charge in [0.05, 0.1) is 10.6 Å². The third kappa shape index (κ3) is 3.18. The summed E-state index contributed by atoms with van der Waals surface area (Å²) in [7, 11) is 0. The molecule has 0 aliphatic rings. The molecule has 0 aliphatic carbocycles. The van der Waals surface area contributed by atoms with E-state index in [9.17, 15) is 22.4 Å². The maximum Gasteiger partial charge on any atom is 0.471 e. The molecule has 0 fully saturated rings. The lowest BCUT2D eigenvalue weighted by Crippen LogP contribution is -2.29. The second-order valence-electron chi connectivity index (χ2n) is 4.78. The summed E-state index contributed by atoms with van der Waals surface area (Å²) >= 11 is 5.92. The number of rotatable bonds is 2. The van der Waals surface area contributed by atoms with Crippen molar-refractivity contribution in [3.63, 3.8) is 0 Å². The Kier molecular flexibility index (Phi) is 3.92. The van der Waals surface area contributed by atoms with Crippen molar-refractivity contribution in [2.75, 3.05) is 5.32 Å². The average molecular weight is 359 g/mol. The molecule has 0 saturated carbocycles. The maximum absolute atomic E-state index is 13.1. The van der Waals surface area contributed by atoms with Crippen molar-refractivity contribution < 1.29 is 26.8 Å². The van der Waals surface area contributed by atoms with E-state index in [1.54, 1.807) is 5.32 Å². The fourth-order valence-corrected chi connectivity index (χ4v) is 2.23. The summed E-state index contributed by atoms with van der Waals surface area (Å²) in [6.45, 7) is 0. The van der Waals surface area contributed by atoms with Gasteiger partial charge in [0.2, 0.25) is 5.89 Å². The number of halogens is 5. The summed E-state index contributed by atoms with van der Waals surface area (Å²) in [6.07, 6.45) is -4.99. The molecular formula is C15H7ClF4N2O2. The molecule has 0 aliphatic heterocycles. The highest BCUT2D eigenvalue weighted by atomic mass is 35.5. The Morgan fingerprint density at radius 2 is 1.92 bits per heavy atom. The van der Waals surface area contributed by atoms with Crippen molar-refractivity contribution in [2.45, 2.75) is 6.18 Å². The molecule has 3 aromatic rings. The molecule has 4 nitrogen and oxygen atoms in total. The molecule has 1 amide bonds. The van der Waals surface area contributed by atoms with Crippen molar-refractivity contribution in [1.29, 1.82) is 0 Å². The zero-order valence-electron chi connectivity index (χ0n) is 11.6. The van der Waals surface area contributed by atoms with Crippen LogP contribution < -0.4 is 5.32 Å². The number of anilines is 1. The topological polar surface area (TPSA) is 55.1 Å². The second kappa shape index (κ2) is 5.79. The Labute approximate surface area is 137 Å². The van der Waals surface area contributed by atoms with E-state index >= 15 is 0 Å². The first-order valence-electron chi connectivity index (χ1n) is 6.48. The first kappa shape index (κ1) is 16.3. The van der Waals surface area contributed by atoms with E-state index in [0.29, 0.717) is 5.56 Å². The summed E-state index contributed by atoms with van der Waals surface area (Å²) in [5.74, 6) is -2.54. The lowest BCUT2D eigenvalue weighted by Gasteiger charge is -2.07. The van der Waals surface area contributed by atoms with Crippen molar-refractivity contribution in [1.82, 2.24) is 4.98 Å². The summed E-state index contributed by atoms with van der Waals surface area (Å²) in [4.78, 5) is 15.0. The Balaban J connectivity index is 1.96. The first-order chi connectivity index (χ1) is 11.2. The number of carbonyl (C=O) groups is 1. The first-order valence-corrected chi connectivity index (χ1v) is 6.86. The van der Waals surface area contributed by atoms with Crippen LogP contribution in [-0.2, 0) is 4.79 Å². The molecule has 3 rings (SSSR count). The lowest BCUT2D eigenvalue weighted by atomic mass is 10.2. The fraction of sp³-hybridized carbons (Fsp3) is 0.0667. The van der Waals surface area contributed by atoms with Crippen LogP contribution in [0.25, 0.3) is 22.6 Å². The van der Waals surface area contributed by atoms with Crippen LogP contribution in [0.5, 0.6) is 0 Å². The lowest BCUT2D eigenvalue weighted by molar-refractivity contribution is -0.167. The minimum atomic E-state index is -4.99. The van der Waals surface area contributed by atoms with E-state index in [2.05, 4.69) is 4.98 Å². The maximum atomic E-state index is 13.1. The van der Waals surface area contributed by atoms with E-state index < -0.39 is 17.9 Å². The Morgan fingerprint density at radius 1 is 1.17 bits per heavy atom. The summed E-state index contributed by atoms with van der Waals surface area (Å²) in [5.41, 5.74) is 0.728. The number of oxazole rings is 1. The van der Waals surface area contributed by atoms with E-state index in [1.165, 1.54) is 30.3 Å². The van der Waals surface area contributed by atoms with Crippen LogP contribution in [0.1, 0.15) is 0 Å². The molecule has 1 aromatic heterocycles. The standard InChI is InChI=1S/C15H7ClF4N2O2/c16-10-5-7(17)1-3-9(10)13-22-11-6-8(2-4-12(11)24-13)21-14(23)15(18,19)20/h1-6H,(H,21,23). The van der Waals surface area contributed by atoms with Gasteiger partial charge in [-0.05, 0) is 36.4 Å². The van der Waals surface area contributed by atoms with Crippen LogP contribution in [0.2, 0.25) is 5.02 Å². The van der Waals surface area contributed by atoms with Gasteiger partial charge in [-0.3, -0.25) is 4.79 Å². The number of hydrogen-bond donors (Lipinski definition) is 1. The Hall–Kier alpha value is -2.61. The van der Waals surface area contributed by atoms with Gasteiger partial charge < -0.3 is 9.73 Å². The monoisotopic (exact) mass is 358 g/mol. The number of fused-ring (bicyclic) bond motifs is 1. The largest absolute Gasteiger partial charge is 0.471 e. The molecule has 1 heterocycles. The van der Waals surface area contributed by atoms with Crippen LogP contribution in [0.4, 0.5) is 23.2 Å². The molecule has 9 heteroatoms. The number of amides is 1. The average Bonchev–Trinajstić information content (AvgIpc) is 2.88. The van der Waals surface area contributed by atoms with Gasteiger partial charge in [-0.25, -0.2) is 9.37 Å². The molecule has 0 bridgehead atoms. The van der Waals surface area contributed by atoms with Gasteiger partial charge in [0.15, 0.2) is 5.58 Å². The number of aromatic nitrogens is 1. The van der Waals surface area contributed by atoms with E-state index in [4.69, 9.17) is 16.0 Å². The number of carbonyl (C=O) groups excluding carboxylic acids is 1. The third-order valence-electron chi connectivity index (χ3n) is 3.06. The number of alkyl halides is 3. The minimum Gasteiger partial charge on any atom is -0.436 e. The second-order valence-corrected chi connectivity index (χ2v) is 5.18. The Morgan fingerprint density at radius 3 is 2.58 bits per heavy atom. The van der Waals surface area contributed by atoms with Gasteiger partial charge in [0, 0.05) is 5.69 Å². The molecule has 1 N–H and O–H groups in total. The van der Waals surface area contributed by atoms with Crippen molar-refractivity contribution in [3.05, 3.63) is 47.2 Å². The Bertz CT molecular complexity index is 937. The zero-order valence-corrected chi connectivity index (χ0v) is 12.4. The summed E-state index contributed by atoms with van der Waals surface area (Å²) < 4.78 is 55.3. The molecule has 124 valence electrons. The molecule has 2 aromatic carbocycles. The molecule has 0 unspecified atom stereocenters. The van der Waals surface area contributed by atoms with Crippen LogP contribution in [0.3, 0.4) is 0 Å². The van der Waals surface area contributed by atoms with E-state index in [1.807, 2.05) is 0 Å². The number of nitrogens with one attached hydrogen (secondary N) is 1. The van der Waals surface area contributed by atoms with Crippen molar-refractivity contribution in [2.24, 2.45) is 0 Å². The SMILES string of the molecule is O=C(Nc1ccc2oc(-c3ccc(F)cc3Cl)nc2c1)C(F)(F)F. The van der Waals surface area contributed by atoms with E-state index in [0.717, 1.165) is 6.07 Å². The van der Waals surface area contributed by atoms with Gasteiger partial charge in [-0.2, -0.15) is 13.2 Å². The smallest absolute Gasteiger partial charge is 0.436 e. The normalized spacial score (nSPS) is 11.7. The van der Waals surface area contributed by atoms with Crippen LogP contribution in [-0.4, -0.2) is 17.1 Å². The predicted octanol–water partition coefficient (Wildman–Crippen LogP) is 4.79. The van der Waals surface area contributed by atoms with Gasteiger partial charge in [0.1, 0.15) is 11.3 Å². The number of benzene rings is 2. The number of hydrogen-bond acceptors (Lipinski definition) is 3. The minimum absolute atomic E-state index is 0.0761. The summed E-state index contributed by atoms with van der Waals surface area (Å²) in [6, 6.07) is 7.45. The molecule has 0 saturated heterocycles. The van der Waals surface area contributed by atoms with Crippen LogP contribution in [0, 0.1) is 5.82 Å². The van der Waals surface area contributed by atoms with Gasteiger partial charge in [-0.15, -0.1) is 0 Å². The summed E-state index contributed by atoms with van der Waals surface area (Å²) in [5, 5.41) is 1.80. The third-order valence-corrected chi connectivity index (χ3v) is 3.38. The van der Waals surface area contributed by atoms with Crippen molar-refractivity contribution >= 4 is 34.3 Å². The van der Waals surface area contributed by atoms with E-state index in [-0.39, 0.29) is 27.7 Å². The van der Waals surface area contributed by atoms with Gasteiger partial charge >= 0.3 is 12.1 Å². The highest BCUT2D eigenvalue weighted by molar-refractivity contribution is 6.33. The quantitative estimate of drug-likeness (QED) is 0.670. The molecule has 0 spiro atoms. The van der Waals surface area contributed by atoms with Crippen LogP contribution in [0.15, 0.2) is 40.8 Å². The molecule has 0 radical (unpaired) electrons. The van der Waals surface area contributed by atoms with Gasteiger partial charge in [0.25, 0.3) is 0 Å². The highest BCUT2D eigenvalue weighted by Gasteiger charge is 2.38. The van der Waals surface area contributed by atoms with Crippen LogP contribution >= 0.6 is 11.6 Å². The van der Waals surface area contributed by atoms with Crippen molar-refractivity contribution in [3.8, 4) is 11.5 Å². The van der Waals surface area contributed by atoms with Gasteiger partial charge in [-0.1, -0.05) is 11.6 Å². The highest BCUT2D eigenvalue weighted by Crippen LogP contribution is 2.31. The zero-order chi connectivity index (χ0) is 17.5. The fourth-order valence-electron chi connectivity index (χ4n) is 1.99. The molecule has 0 atom stereocenters. The predicted molar refractivity (Wildman–Crippen MR) is 79.1 cm³/mol. The number of nitrogens with zero attached hydrogens (tertiary/aromatic N) is 1.